The predicted molar refractivity (Wildman–Crippen MR) is 84.4 cm³/mol. The number of rotatable bonds is 1. The minimum atomic E-state index is -0.877. The molecule has 3 nitrogen and oxygen atoms in total. The molecule has 0 radical (unpaired) electrons. The van der Waals surface area contributed by atoms with Gasteiger partial charge in [-0.15, -0.1) is 0 Å². The van der Waals surface area contributed by atoms with Gasteiger partial charge in [-0.2, -0.15) is 0 Å². The third kappa shape index (κ3) is 2.12. The Morgan fingerprint density at radius 2 is 1.86 bits per heavy atom. The second-order valence-electron chi connectivity index (χ2n) is 6.32. The molecule has 2 aromatic rings. The first-order valence-corrected chi connectivity index (χ1v) is 8.91. The summed E-state index contributed by atoms with van der Waals surface area (Å²) in [5, 5.41) is 12.6. The van der Waals surface area contributed by atoms with Crippen molar-refractivity contribution in [3.8, 4) is 0 Å². The van der Waals surface area contributed by atoms with Crippen molar-refractivity contribution in [2.75, 3.05) is 0 Å². The van der Waals surface area contributed by atoms with Crippen LogP contribution in [0.5, 0.6) is 0 Å². The molecule has 2 aliphatic heterocycles. The van der Waals surface area contributed by atoms with Crippen LogP contribution in [0.1, 0.15) is 37.7 Å². The van der Waals surface area contributed by atoms with E-state index in [0.717, 1.165) is 35.7 Å². The van der Waals surface area contributed by atoms with Crippen LogP contribution in [0.4, 0.5) is 0 Å². The molecule has 0 saturated carbocycles. The summed E-state index contributed by atoms with van der Waals surface area (Å²) >= 11 is 0. The Bertz CT molecular complexity index is 694. The van der Waals surface area contributed by atoms with E-state index in [1.54, 1.807) is 6.20 Å². The molecule has 21 heavy (non-hydrogen) atoms. The van der Waals surface area contributed by atoms with Gasteiger partial charge in [0.1, 0.15) is 0 Å². The number of hydrogen-bond donors (Lipinski definition) is 1. The first kappa shape index (κ1) is 13.4. The Morgan fingerprint density at radius 1 is 1.14 bits per heavy atom. The minimum Gasteiger partial charge on any atom is -0.385 e. The fourth-order valence-electron chi connectivity index (χ4n) is 3.98. The molecule has 2 fully saturated rings. The van der Waals surface area contributed by atoms with Crippen LogP contribution in [-0.2, 0) is 16.4 Å². The molecule has 110 valence electrons. The molecule has 2 aliphatic rings. The molecule has 2 atom stereocenters. The topological polar surface area (TPSA) is 50.2 Å². The van der Waals surface area contributed by atoms with E-state index in [-0.39, 0.29) is 10.5 Å². The van der Waals surface area contributed by atoms with Gasteiger partial charge in [-0.1, -0.05) is 30.7 Å². The lowest BCUT2D eigenvalue weighted by atomic mass is 9.79. The van der Waals surface area contributed by atoms with Crippen molar-refractivity contribution in [1.29, 1.82) is 0 Å². The molecule has 1 aromatic heterocycles. The van der Waals surface area contributed by atoms with Gasteiger partial charge < -0.3 is 5.11 Å². The lowest BCUT2D eigenvalue weighted by Crippen LogP contribution is -2.47. The second kappa shape index (κ2) is 4.89. The Morgan fingerprint density at radius 3 is 2.62 bits per heavy atom. The Hall–Kier alpha value is -1.26. The lowest BCUT2D eigenvalue weighted by molar-refractivity contribution is 0.00778. The maximum atomic E-state index is 12.4. The van der Waals surface area contributed by atoms with Crippen molar-refractivity contribution < 1.29 is 9.32 Å². The summed E-state index contributed by atoms with van der Waals surface area (Å²) in [7, 11) is -0.770. The predicted octanol–water partition coefficient (Wildman–Crippen LogP) is 2.89. The quantitative estimate of drug-likeness (QED) is 0.881. The normalized spacial score (nSPS) is 35.8. The zero-order chi connectivity index (χ0) is 14.4. The number of aromatic nitrogens is 1. The Kier molecular flexibility index (Phi) is 3.12. The van der Waals surface area contributed by atoms with Gasteiger partial charge >= 0.3 is 0 Å². The molecular formula is C17H19NO2S. The summed E-state index contributed by atoms with van der Waals surface area (Å²) in [5.74, 6) is 0. The summed E-state index contributed by atoms with van der Waals surface area (Å²) in [5.41, 5.74) is 0.916. The number of pyridine rings is 1. The van der Waals surface area contributed by atoms with E-state index < -0.39 is 16.4 Å². The van der Waals surface area contributed by atoms with E-state index in [2.05, 4.69) is 4.98 Å². The molecular weight excluding hydrogens is 282 g/mol. The van der Waals surface area contributed by atoms with Gasteiger partial charge in [0.15, 0.2) is 0 Å². The van der Waals surface area contributed by atoms with Gasteiger partial charge in [-0.05, 0) is 31.7 Å². The summed E-state index contributed by atoms with van der Waals surface area (Å²) in [4.78, 5) is 4.48. The molecule has 4 rings (SSSR count). The molecule has 0 aliphatic carbocycles. The second-order valence-corrected chi connectivity index (χ2v) is 8.31. The van der Waals surface area contributed by atoms with Gasteiger partial charge in [0.05, 0.1) is 11.1 Å². The van der Waals surface area contributed by atoms with Crippen LogP contribution in [0.15, 0.2) is 36.5 Å². The summed E-state index contributed by atoms with van der Waals surface area (Å²) in [6.07, 6.45) is 6.08. The maximum absolute atomic E-state index is 12.4. The molecule has 1 aromatic carbocycles. The number of fused-ring (bicyclic) bond motifs is 3. The van der Waals surface area contributed by atoms with Crippen LogP contribution < -0.4 is 0 Å². The van der Waals surface area contributed by atoms with Gasteiger partial charge in [-0.3, -0.25) is 9.19 Å². The number of aliphatic hydroxyl groups is 1. The van der Waals surface area contributed by atoms with Gasteiger partial charge in [0.2, 0.25) is 0 Å². The highest BCUT2D eigenvalue weighted by Gasteiger charge is 2.47. The van der Waals surface area contributed by atoms with E-state index in [9.17, 15) is 9.32 Å². The number of benzene rings is 1. The molecule has 0 spiro atoms. The van der Waals surface area contributed by atoms with Crippen molar-refractivity contribution in [2.45, 2.75) is 48.2 Å². The van der Waals surface area contributed by atoms with Crippen molar-refractivity contribution >= 4 is 21.7 Å². The lowest BCUT2D eigenvalue weighted by Gasteiger charge is -2.44. The van der Waals surface area contributed by atoms with Gasteiger partial charge in [-0.25, -0.2) is 0 Å². The number of hydrogen-bond acceptors (Lipinski definition) is 3. The summed E-state index contributed by atoms with van der Waals surface area (Å²) in [6.45, 7) is 0. The molecule has 4 heteroatoms. The SMILES string of the molecule is O=S1C2CCCC1CC(O)(c1cccc3cccnc13)C2. The van der Waals surface area contributed by atoms with Crippen molar-refractivity contribution in [2.24, 2.45) is 0 Å². The van der Waals surface area contributed by atoms with Crippen LogP contribution >= 0.6 is 0 Å². The fraction of sp³-hybridized carbons (Fsp3) is 0.471. The number of para-hydroxylation sites is 1. The molecule has 2 bridgehead atoms. The molecule has 3 heterocycles. The van der Waals surface area contributed by atoms with Crippen LogP contribution in [0.3, 0.4) is 0 Å². The van der Waals surface area contributed by atoms with Crippen LogP contribution in [0.25, 0.3) is 10.9 Å². The first-order valence-electron chi connectivity index (χ1n) is 7.63. The largest absolute Gasteiger partial charge is 0.385 e. The van der Waals surface area contributed by atoms with Crippen LogP contribution in [0, 0.1) is 0 Å². The summed E-state index contributed by atoms with van der Waals surface area (Å²) < 4.78 is 12.4. The van der Waals surface area contributed by atoms with E-state index in [4.69, 9.17) is 0 Å². The van der Waals surface area contributed by atoms with E-state index in [1.165, 1.54) is 0 Å². The molecule has 2 unspecified atom stereocenters. The van der Waals surface area contributed by atoms with Gasteiger partial charge in [0, 0.05) is 38.4 Å². The minimum absolute atomic E-state index is 0.140. The highest BCUT2D eigenvalue weighted by molar-refractivity contribution is 7.86. The zero-order valence-corrected chi connectivity index (χ0v) is 12.7. The standard InChI is InChI=1S/C17H19NO2S/c19-17(10-13-6-2-7-14(11-17)21(13)20)15-8-1-4-12-5-3-9-18-16(12)15/h1,3-5,8-9,13-14,19H,2,6-7,10-11H2. The average Bonchev–Trinajstić information content (AvgIpc) is 2.48. The van der Waals surface area contributed by atoms with E-state index in [1.807, 2.05) is 30.3 Å². The third-order valence-electron chi connectivity index (χ3n) is 4.97. The van der Waals surface area contributed by atoms with Crippen molar-refractivity contribution in [3.05, 3.63) is 42.1 Å². The Labute approximate surface area is 126 Å². The third-order valence-corrected chi connectivity index (χ3v) is 7.09. The molecule has 2 saturated heterocycles. The van der Waals surface area contributed by atoms with E-state index in [0.29, 0.717) is 12.8 Å². The smallest absolute Gasteiger partial charge is 0.0940 e. The Balaban J connectivity index is 1.82. The van der Waals surface area contributed by atoms with Crippen molar-refractivity contribution in [1.82, 2.24) is 4.98 Å². The highest BCUT2D eigenvalue weighted by atomic mass is 32.2. The van der Waals surface area contributed by atoms with E-state index >= 15 is 0 Å². The average molecular weight is 301 g/mol. The first-order chi connectivity index (χ1) is 10.2. The highest BCUT2D eigenvalue weighted by Crippen LogP contribution is 2.45. The monoisotopic (exact) mass is 301 g/mol. The van der Waals surface area contributed by atoms with Crippen LogP contribution in [0.2, 0.25) is 0 Å². The number of nitrogens with zero attached hydrogens (tertiary/aromatic N) is 1. The summed E-state index contributed by atoms with van der Waals surface area (Å²) in [6, 6.07) is 9.94. The fourth-order valence-corrected chi connectivity index (χ4v) is 6.20. The molecule has 1 N–H and O–H groups in total. The molecule has 0 amide bonds. The van der Waals surface area contributed by atoms with Gasteiger partial charge in [0.25, 0.3) is 0 Å². The maximum Gasteiger partial charge on any atom is 0.0940 e. The zero-order valence-electron chi connectivity index (χ0n) is 11.9. The van der Waals surface area contributed by atoms with Crippen molar-refractivity contribution in [3.63, 3.8) is 0 Å². The van der Waals surface area contributed by atoms with Crippen LogP contribution in [-0.4, -0.2) is 24.8 Å².